The summed E-state index contributed by atoms with van der Waals surface area (Å²) in [6.07, 6.45) is -0.135. The topological polar surface area (TPSA) is 243 Å². The maximum atomic E-state index is 12.3. The van der Waals surface area contributed by atoms with Crippen LogP contribution >= 0.6 is 0 Å². The standard InChI is InChI=1S/C23H27N9O8S/c1-2-3-6-12-9-32(30-28-12)23-26-19(24)16-20(27-23)31(11-25-16)22-18(35)17(34)15(40-22)10-39-41(37,38)29-21(36)13-7-4-5-8-14(13)33/h4-5,7-9,11,15,17-18,22,33-35H,2-3,6,10H2,1H3,(H,29,36)(H2,24,26,27)/t15-,17-,18-,22-/m0/s1. The molecular formula is C23H27N9O8S. The molecule has 1 aliphatic rings. The van der Waals surface area contributed by atoms with Crippen molar-refractivity contribution in [1.82, 2.24) is 39.2 Å². The number of nitrogens with two attached hydrogens (primary N) is 1. The molecule has 0 radical (unpaired) electrons. The van der Waals surface area contributed by atoms with Crippen LogP contribution in [0.15, 0.2) is 36.8 Å². The molecule has 6 N–H and O–H groups in total. The minimum absolute atomic E-state index is 0.0218. The molecular weight excluding hydrogens is 562 g/mol. The third-order valence-electron chi connectivity index (χ3n) is 6.33. The maximum absolute atomic E-state index is 12.3. The van der Waals surface area contributed by atoms with E-state index in [1.807, 2.05) is 0 Å². The van der Waals surface area contributed by atoms with Gasteiger partial charge in [-0.3, -0.25) is 13.5 Å². The molecule has 0 saturated carbocycles. The Morgan fingerprint density at radius 2 is 2.00 bits per heavy atom. The molecule has 218 valence electrons. The molecule has 1 fully saturated rings. The fraction of sp³-hybridized carbons (Fsp3) is 0.391. The number of hydrogen-bond donors (Lipinski definition) is 5. The first-order valence-electron chi connectivity index (χ1n) is 12.5. The molecule has 17 nitrogen and oxygen atoms in total. The summed E-state index contributed by atoms with van der Waals surface area (Å²) in [4.78, 5) is 25.1. The lowest BCUT2D eigenvalue weighted by Crippen LogP contribution is -2.37. The number of hydrogen-bond acceptors (Lipinski definition) is 14. The second-order valence-electron chi connectivity index (χ2n) is 9.22. The summed E-state index contributed by atoms with van der Waals surface area (Å²) in [6, 6.07) is 5.33. The Balaban J connectivity index is 1.31. The molecule has 1 amide bonds. The number of unbranched alkanes of at least 4 members (excludes halogenated alkanes) is 1. The van der Waals surface area contributed by atoms with Gasteiger partial charge in [-0.25, -0.2) is 9.71 Å². The second kappa shape index (κ2) is 11.3. The summed E-state index contributed by atoms with van der Waals surface area (Å²) in [6.45, 7) is 1.30. The zero-order valence-corrected chi connectivity index (χ0v) is 22.4. The average molecular weight is 590 g/mol. The van der Waals surface area contributed by atoms with Crippen molar-refractivity contribution < 1.29 is 37.5 Å². The van der Waals surface area contributed by atoms with Crippen LogP contribution in [-0.4, -0.2) is 89.1 Å². The number of fused-ring (bicyclic) bond motifs is 1. The zero-order valence-electron chi connectivity index (χ0n) is 21.6. The fourth-order valence-electron chi connectivity index (χ4n) is 4.20. The van der Waals surface area contributed by atoms with Crippen molar-refractivity contribution in [2.75, 3.05) is 12.3 Å². The Morgan fingerprint density at radius 1 is 1.22 bits per heavy atom. The van der Waals surface area contributed by atoms with Gasteiger partial charge in [-0.2, -0.15) is 23.1 Å². The van der Waals surface area contributed by atoms with Crippen LogP contribution < -0.4 is 10.5 Å². The van der Waals surface area contributed by atoms with Gasteiger partial charge in [0.15, 0.2) is 17.7 Å². The van der Waals surface area contributed by atoms with Crippen molar-refractivity contribution in [3.05, 3.63) is 48.0 Å². The van der Waals surface area contributed by atoms with E-state index in [0.717, 1.165) is 25.0 Å². The largest absolute Gasteiger partial charge is 0.507 e. The first kappa shape index (κ1) is 28.3. The first-order valence-corrected chi connectivity index (χ1v) is 13.9. The number of nitrogens with zero attached hydrogens (tertiary/aromatic N) is 7. The average Bonchev–Trinajstić information content (AvgIpc) is 3.65. The summed E-state index contributed by atoms with van der Waals surface area (Å²) in [5, 5.41) is 39.2. The van der Waals surface area contributed by atoms with Crippen molar-refractivity contribution in [1.29, 1.82) is 0 Å². The molecule has 5 rings (SSSR count). The molecule has 0 aliphatic carbocycles. The van der Waals surface area contributed by atoms with Crippen LogP contribution in [0.1, 0.15) is 42.0 Å². The Hall–Kier alpha value is -4.23. The number of phenolic OH excluding ortho intramolecular Hbond substituents is 1. The number of carbonyl (C=O) groups excluding carboxylic acids is 1. The van der Waals surface area contributed by atoms with Gasteiger partial charge in [-0.15, -0.1) is 5.10 Å². The van der Waals surface area contributed by atoms with E-state index in [1.165, 1.54) is 39.8 Å². The molecule has 4 aromatic rings. The van der Waals surface area contributed by atoms with E-state index in [9.17, 15) is 28.5 Å². The van der Waals surface area contributed by atoms with Gasteiger partial charge in [0, 0.05) is 0 Å². The molecule has 1 aliphatic heterocycles. The minimum Gasteiger partial charge on any atom is -0.507 e. The summed E-state index contributed by atoms with van der Waals surface area (Å²) in [7, 11) is -4.68. The van der Waals surface area contributed by atoms with E-state index in [4.69, 9.17) is 14.7 Å². The molecule has 41 heavy (non-hydrogen) atoms. The molecule has 18 heteroatoms. The zero-order chi connectivity index (χ0) is 29.3. The molecule has 4 atom stereocenters. The third-order valence-corrected chi connectivity index (χ3v) is 7.22. The lowest BCUT2D eigenvalue weighted by atomic mass is 10.1. The van der Waals surface area contributed by atoms with Gasteiger partial charge in [-0.1, -0.05) is 30.7 Å². The maximum Gasteiger partial charge on any atom is 0.362 e. The number of nitrogen functional groups attached to an aromatic ring is 1. The van der Waals surface area contributed by atoms with Crippen LogP contribution in [0.25, 0.3) is 17.1 Å². The number of nitrogens with one attached hydrogen (secondary N) is 1. The summed E-state index contributed by atoms with van der Waals surface area (Å²) in [5.41, 5.74) is 6.89. The van der Waals surface area contributed by atoms with E-state index in [0.29, 0.717) is 0 Å². The van der Waals surface area contributed by atoms with E-state index >= 15 is 0 Å². The predicted octanol–water partition coefficient (Wildman–Crippen LogP) is -0.652. The highest BCUT2D eigenvalue weighted by atomic mass is 32.2. The molecule has 0 unspecified atom stereocenters. The second-order valence-corrected chi connectivity index (χ2v) is 10.6. The van der Waals surface area contributed by atoms with Crippen LogP contribution in [0.3, 0.4) is 0 Å². The van der Waals surface area contributed by atoms with Crippen molar-refractivity contribution in [2.45, 2.75) is 50.7 Å². The third kappa shape index (κ3) is 5.81. The number of aromatic nitrogens is 7. The van der Waals surface area contributed by atoms with Crippen LogP contribution in [0.2, 0.25) is 0 Å². The first-order chi connectivity index (χ1) is 19.6. The SMILES string of the molecule is CCCCc1cn(-c2nc(N)c3ncn([C@H]4O[C@@H](COS(=O)(=O)NC(=O)c5ccccc5O)[C@H](O)[C@@H]4O)c3n2)nn1. The monoisotopic (exact) mass is 589 g/mol. The number of rotatable bonds is 10. The highest BCUT2D eigenvalue weighted by Crippen LogP contribution is 2.32. The molecule has 1 aromatic carbocycles. The molecule has 0 spiro atoms. The number of carbonyl (C=O) groups is 1. The van der Waals surface area contributed by atoms with E-state index in [-0.39, 0.29) is 28.5 Å². The summed E-state index contributed by atoms with van der Waals surface area (Å²) in [5.74, 6) is -1.45. The highest BCUT2D eigenvalue weighted by Gasteiger charge is 2.45. The van der Waals surface area contributed by atoms with E-state index in [1.54, 1.807) is 10.9 Å². The normalized spacial score (nSPS) is 21.0. The molecule has 1 saturated heterocycles. The van der Waals surface area contributed by atoms with Crippen LogP contribution in [0.5, 0.6) is 5.75 Å². The van der Waals surface area contributed by atoms with Crippen molar-refractivity contribution in [2.24, 2.45) is 0 Å². The molecule has 3 aromatic heterocycles. The summed E-state index contributed by atoms with van der Waals surface area (Å²) >= 11 is 0. The van der Waals surface area contributed by atoms with Gasteiger partial charge in [0.05, 0.1) is 30.4 Å². The Bertz CT molecular complexity index is 1670. The molecule has 4 heterocycles. The number of imidazole rings is 1. The lowest BCUT2D eigenvalue weighted by Gasteiger charge is -2.16. The Kier molecular flexibility index (Phi) is 7.82. The number of para-hydroxylation sites is 1. The van der Waals surface area contributed by atoms with E-state index < -0.39 is 53.1 Å². The number of ether oxygens (including phenoxy) is 1. The van der Waals surface area contributed by atoms with Gasteiger partial charge in [-0.05, 0) is 25.0 Å². The smallest absolute Gasteiger partial charge is 0.362 e. The number of aliphatic hydroxyl groups is 2. The van der Waals surface area contributed by atoms with Crippen LogP contribution in [0.4, 0.5) is 5.82 Å². The number of anilines is 1. The van der Waals surface area contributed by atoms with E-state index in [2.05, 4.69) is 32.2 Å². The highest BCUT2D eigenvalue weighted by molar-refractivity contribution is 7.85. The van der Waals surface area contributed by atoms with Crippen molar-refractivity contribution >= 4 is 33.2 Å². The molecule has 0 bridgehead atoms. The Labute approximate surface area is 232 Å². The number of phenols is 1. The number of amides is 1. The van der Waals surface area contributed by atoms with Gasteiger partial charge in [0.1, 0.15) is 29.6 Å². The number of benzene rings is 1. The summed E-state index contributed by atoms with van der Waals surface area (Å²) < 4.78 is 39.5. The lowest BCUT2D eigenvalue weighted by molar-refractivity contribution is -0.0468. The van der Waals surface area contributed by atoms with Gasteiger partial charge < -0.3 is 25.8 Å². The van der Waals surface area contributed by atoms with Gasteiger partial charge in [0.25, 0.3) is 11.9 Å². The van der Waals surface area contributed by atoms with Gasteiger partial charge in [0.2, 0.25) is 0 Å². The van der Waals surface area contributed by atoms with Crippen molar-refractivity contribution in [3.8, 4) is 11.7 Å². The number of aromatic hydroxyl groups is 1. The quantitative estimate of drug-likeness (QED) is 0.154. The fourth-order valence-corrected chi connectivity index (χ4v) is 4.91. The predicted molar refractivity (Wildman–Crippen MR) is 140 cm³/mol. The van der Waals surface area contributed by atoms with Crippen molar-refractivity contribution in [3.63, 3.8) is 0 Å². The minimum atomic E-state index is -4.68. The van der Waals surface area contributed by atoms with Gasteiger partial charge >= 0.3 is 10.3 Å². The Morgan fingerprint density at radius 3 is 2.76 bits per heavy atom. The van der Waals surface area contributed by atoms with Crippen LogP contribution in [-0.2, 0) is 25.6 Å². The number of aryl methyl sites for hydroxylation is 1. The number of aliphatic hydroxyl groups excluding tert-OH is 2. The van der Waals surface area contributed by atoms with Crippen LogP contribution in [0, 0.1) is 0 Å².